The minimum Gasteiger partial charge on any atom is -0.317 e. The van der Waals surface area contributed by atoms with E-state index >= 15 is 0 Å². The molecule has 3 nitrogen and oxygen atoms in total. The maximum atomic E-state index is 4.33. The molecule has 1 N–H and O–H groups in total. The summed E-state index contributed by atoms with van der Waals surface area (Å²) in [4.78, 5) is 0. The van der Waals surface area contributed by atoms with Gasteiger partial charge in [0.05, 0.1) is 0 Å². The Labute approximate surface area is 112 Å². The number of aryl methyl sites for hydroxylation is 2. The first-order valence-corrected chi connectivity index (χ1v) is 7.13. The van der Waals surface area contributed by atoms with E-state index in [0.717, 1.165) is 29.5 Å². The highest BCUT2D eigenvalue weighted by Crippen LogP contribution is 2.29. The second-order valence-electron chi connectivity index (χ2n) is 4.37. The van der Waals surface area contributed by atoms with E-state index in [4.69, 9.17) is 0 Å². The topological polar surface area (TPSA) is 37.8 Å². The number of aromatic nitrogens is 2. The second-order valence-corrected chi connectivity index (χ2v) is 5.43. The highest BCUT2D eigenvalue weighted by atomic mass is 32.1. The molecular weight excluding hydrogens is 242 g/mol. The predicted molar refractivity (Wildman–Crippen MR) is 77.1 cm³/mol. The molecule has 1 heterocycles. The number of likely N-dealkylation sites (N-methyl/N-ethyl adjacent to an activating group) is 1. The van der Waals surface area contributed by atoms with Crippen molar-refractivity contribution in [1.82, 2.24) is 15.5 Å². The van der Waals surface area contributed by atoms with E-state index < -0.39 is 0 Å². The summed E-state index contributed by atoms with van der Waals surface area (Å²) in [5, 5.41) is 14.1. The zero-order chi connectivity index (χ0) is 13.0. The third-order valence-electron chi connectivity index (χ3n) is 2.93. The molecule has 0 bridgehead atoms. The third kappa shape index (κ3) is 2.94. The van der Waals surface area contributed by atoms with Crippen LogP contribution in [0.3, 0.4) is 0 Å². The molecule has 0 saturated heterocycles. The van der Waals surface area contributed by atoms with Crippen LogP contribution in [0, 0.1) is 13.8 Å². The highest BCUT2D eigenvalue weighted by Gasteiger charge is 2.11. The summed E-state index contributed by atoms with van der Waals surface area (Å²) in [5.74, 6) is 0. The van der Waals surface area contributed by atoms with E-state index in [1.807, 2.05) is 0 Å². The molecule has 4 heteroatoms. The number of hydrogen-bond acceptors (Lipinski definition) is 4. The molecule has 1 aromatic carbocycles. The lowest BCUT2D eigenvalue weighted by Gasteiger charge is -2.04. The van der Waals surface area contributed by atoms with Gasteiger partial charge >= 0.3 is 0 Å². The average molecular weight is 261 g/mol. The summed E-state index contributed by atoms with van der Waals surface area (Å²) in [6.45, 7) is 8.34. The van der Waals surface area contributed by atoms with E-state index in [9.17, 15) is 0 Å². The number of nitrogens with one attached hydrogen (secondary N) is 1. The molecule has 0 radical (unpaired) electrons. The van der Waals surface area contributed by atoms with Gasteiger partial charge < -0.3 is 5.32 Å². The van der Waals surface area contributed by atoms with Crippen molar-refractivity contribution in [1.29, 1.82) is 0 Å². The quantitative estimate of drug-likeness (QED) is 0.841. The Balaban J connectivity index is 2.19. The van der Waals surface area contributed by atoms with Gasteiger partial charge in [-0.3, -0.25) is 0 Å². The van der Waals surface area contributed by atoms with Crippen molar-refractivity contribution in [2.75, 3.05) is 13.1 Å². The summed E-state index contributed by atoms with van der Waals surface area (Å²) in [6, 6.07) is 6.34. The fourth-order valence-electron chi connectivity index (χ4n) is 1.98. The lowest BCUT2D eigenvalue weighted by molar-refractivity contribution is 0.710. The highest BCUT2D eigenvalue weighted by molar-refractivity contribution is 7.14. The van der Waals surface area contributed by atoms with Gasteiger partial charge in [-0.15, -0.1) is 10.2 Å². The van der Waals surface area contributed by atoms with E-state index in [1.165, 1.54) is 16.7 Å². The molecule has 0 amide bonds. The maximum absolute atomic E-state index is 4.33. The number of nitrogens with zero attached hydrogens (tertiary/aromatic N) is 2. The maximum Gasteiger partial charge on any atom is 0.148 e. The minimum absolute atomic E-state index is 0.955. The summed E-state index contributed by atoms with van der Waals surface area (Å²) in [6.07, 6.45) is 0.955. The molecule has 0 spiro atoms. The molecule has 0 saturated carbocycles. The van der Waals surface area contributed by atoms with Gasteiger partial charge in [-0.25, -0.2) is 0 Å². The number of rotatable bonds is 5. The monoisotopic (exact) mass is 261 g/mol. The SMILES string of the molecule is CCNCCc1nnc(-c2c(C)cccc2C)s1. The van der Waals surface area contributed by atoms with E-state index in [0.29, 0.717) is 0 Å². The van der Waals surface area contributed by atoms with Gasteiger partial charge in [-0.2, -0.15) is 0 Å². The minimum atomic E-state index is 0.955. The van der Waals surface area contributed by atoms with Crippen LogP contribution in [0.15, 0.2) is 18.2 Å². The molecular formula is C14H19N3S. The van der Waals surface area contributed by atoms with Crippen LogP contribution in [0.1, 0.15) is 23.1 Å². The molecule has 0 atom stereocenters. The first-order valence-electron chi connectivity index (χ1n) is 6.32. The molecule has 1 aromatic heterocycles. The van der Waals surface area contributed by atoms with Crippen LogP contribution in [-0.4, -0.2) is 23.3 Å². The van der Waals surface area contributed by atoms with Crippen LogP contribution in [0.2, 0.25) is 0 Å². The van der Waals surface area contributed by atoms with E-state index in [-0.39, 0.29) is 0 Å². The van der Waals surface area contributed by atoms with Crippen LogP contribution in [0.25, 0.3) is 10.6 Å². The van der Waals surface area contributed by atoms with Gasteiger partial charge in [0.1, 0.15) is 10.0 Å². The van der Waals surface area contributed by atoms with Gasteiger partial charge in [0, 0.05) is 18.5 Å². The third-order valence-corrected chi connectivity index (χ3v) is 3.93. The molecule has 96 valence electrons. The Bertz CT molecular complexity index is 499. The Hall–Kier alpha value is -1.26. The van der Waals surface area contributed by atoms with Crippen molar-refractivity contribution in [3.63, 3.8) is 0 Å². The van der Waals surface area contributed by atoms with Crippen LogP contribution in [0.5, 0.6) is 0 Å². The Morgan fingerprint density at radius 1 is 1.17 bits per heavy atom. The summed E-state index contributed by atoms with van der Waals surface area (Å²) >= 11 is 1.70. The fourth-order valence-corrected chi connectivity index (χ4v) is 2.99. The van der Waals surface area contributed by atoms with Gasteiger partial charge in [-0.1, -0.05) is 36.5 Å². The molecule has 0 unspecified atom stereocenters. The Morgan fingerprint density at radius 3 is 2.56 bits per heavy atom. The Morgan fingerprint density at radius 2 is 1.89 bits per heavy atom. The van der Waals surface area contributed by atoms with Crippen molar-refractivity contribution in [3.8, 4) is 10.6 Å². The van der Waals surface area contributed by atoms with Crippen molar-refractivity contribution in [3.05, 3.63) is 34.3 Å². The van der Waals surface area contributed by atoms with Gasteiger partial charge in [0.2, 0.25) is 0 Å². The van der Waals surface area contributed by atoms with Crippen molar-refractivity contribution in [2.45, 2.75) is 27.2 Å². The summed E-state index contributed by atoms with van der Waals surface area (Å²) in [5.41, 5.74) is 3.78. The molecule has 18 heavy (non-hydrogen) atoms. The van der Waals surface area contributed by atoms with Crippen LogP contribution < -0.4 is 5.32 Å². The second kappa shape index (κ2) is 6.07. The van der Waals surface area contributed by atoms with Gasteiger partial charge in [0.15, 0.2) is 0 Å². The van der Waals surface area contributed by atoms with E-state index in [1.54, 1.807) is 11.3 Å². The summed E-state index contributed by atoms with van der Waals surface area (Å²) in [7, 11) is 0. The average Bonchev–Trinajstić information content (AvgIpc) is 2.78. The van der Waals surface area contributed by atoms with Gasteiger partial charge in [0.25, 0.3) is 0 Å². The molecule has 0 aliphatic heterocycles. The summed E-state index contributed by atoms with van der Waals surface area (Å²) < 4.78 is 0. The molecule has 2 rings (SSSR count). The zero-order valence-corrected chi connectivity index (χ0v) is 12.0. The fraction of sp³-hybridized carbons (Fsp3) is 0.429. The van der Waals surface area contributed by atoms with Gasteiger partial charge in [-0.05, 0) is 31.5 Å². The zero-order valence-electron chi connectivity index (χ0n) is 11.2. The largest absolute Gasteiger partial charge is 0.317 e. The molecule has 0 aliphatic rings. The van der Waals surface area contributed by atoms with E-state index in [2.05, 4.69) is 54.5 Å². The van der Waals surface area contributed by atoms with Crippen molar-refractivity contribution in [2.24, 2.45) is 0 Å². The van der Waals surface area contributed by atoms with Crippen LogP contribution >= 0.6 is 11.3 Å². The standard InChI is InChI=1S/C14H19N3S/c1-4-15-9-8-12-16-17-14(18-12)13-10(2)6-5-7-11(13)3/h5-7,15H,4,8-9H2,1-3H3. The number of benzene rings is 1. The van der Waals surface area contributed by atoms with Crippen LogP contribution in [0.4, 0.5) is 0 Å². The number of hydrogen-bond donors (Lipinski definition) is 1. The molecule has 0 aliphatic carbocycles. The molecule has 0 fully saturated rings. The van der Waals surface area contributed by atoms with Crippen molar-refractivity contribution >= 4 is 11.3 Å². The van der Waals surface area contributed by atoms with Crippen LogP contribution in [-0.2, 0) is 6.42 Å². The first kappa shape index (κ1) is 13.2. The Kier molecular flexibility index (Phi) is 4.44. The first-order chi connectivity index (χ1) is 8.72. The van der Waals surface area contributed by atoms with Crippen molar-refractivity contribution < 1.29 is 0 Å². The predicted octanol–water partition coefficient (Wildman–Crippen LogP) is 2.97. The lowest BCUT2D eigenvalue weighted by atomic mass is 10.0. The lowest BCUT2D eigenvalue weighted by Crippen LogP contribution is -2.15. The molecule has 2 aromatic rings. The smallest absolute Gasteiger partial charge is 0.148 e. The normalized spacial score (nSPS) is 10.8.